The standard InChI is InChI=1S/C15H19N3O4/c1-4-22-14(20)12-8(2)17-15(16)18-13(12)9-5-6-10(19)11(7-9)21-3/h5-7,13,19H,4H2,1-3H3,(H3,16,17,18)/t13-/m0/s1. The van der Waals surface area contributed by atoms with Gasteiger partial charge < -0.3 is 25.6 Å². The van der Waals surface area contributed by atoms with Gasteiger partial charge in [-0.3, -0.25) is 0 Å². The van der Waals surface area contributed by atoms with Crippen LogP contribution < -0.4 is 15.8 Å². The summed E-state index contributed by atoms with van der Waals surface area (Å²) in [5, 5.41) is 12.5. The second-order valence-corrected chi connectivity index (χ2v) is 4.73. The highest BCUT2D eigenvalue weighted by molar-refractivity contribution is 5.95. The van der Waals surface area contributed by atoms with Crippen molar-refractivity contribution in [1.82, 2.24) is 5.32 Å². The van der Waals surface area contributed by atoms with E-state index >= 15 is 0 Å². The smallest absolute Gasteiger partial charge is 0.338 e. The first-order valence-electron chi connectivity index (χ1n) is 6.83. The van der Waals surface area contributed by atoms with Crippen molar-refractivity contribution in [2.24, 2.45) is 10.7 Å². The number of esters is 1. The molecule has 0 saturated heterocycles. The number of aromatic hydroxyl groups is 1. The third kappa shape index (κ3) is 2.98. The van der Waals surface area contributed by atoms with Crippen molar-refractivity contribution in [3.05, 3.63) is 35.0 Å². The van der Waals surface area contributed by atoms with Gasteiger partial charge in [-0.1, -0.05) is 6.07 Å². The molecule has 0 unspecified atom stereocenters. The van der Waals surface area contributed by atoms with Crippen LogP contribution >= 0.6 is 0 Å². The molecule has 118 valence electrons. The molecule has 22 heavy (non-hydrogen) atoms. The van der Waals surface area contributed by atoms with E-state index in [4.69, 9.17) is 15.2 Å². The van der Waals surface area contributed by atoms with Crippen molar-refractivity contribution in [1.29, 1.82) is 0 Å². The van der Waals surface area contributed by atoms with Crippen LogP contribution in [0.4, 0.5) is 0 Å². The minimum absolute atomic E-state index is 0.00974. The van der Waals surface area contributed by atoms with Crippen molar-refractivity contribution in [3.63, 3.8) is 0 Å². The Morgan fingerprint density at radius 1 is 1.50 bits per heavy atom. The van der Waals surface area contributed by atoms with Gasteiger partial charge in [0.2, 0.25) is 0 Å². The van der Waals surface area contributed by atoms with Gasteiger partial charge in [-0.15, -0.1) is 0 Å². The Hall–Kier alpha value is -2.70. The first-order chi connectivity index (χ1) is 10.5. The molecule has 0 aromatic heterocycles. The van der Waals surface area contributed by atoms with Crippen molar-refractivity contribution in [2.45, 2.75) is 19.9 Å². The second kappa shape index (κ2) is 6.38. The number of methoxy groups -OCH3 is 1. The van der Waals surface area contributed by atoms with E-state index in [0.29, 0.717) is 22.6 Å². The third-order valence-corrected chi connectivity index (χ3v) is 3.28. The molecule has 7 nitrogen and oxygen atoms in total. The number of phenolic OH excluding ortho intramolecular Hbond substituents is 1. The Kier molecular flexibility index (Phi) is 4.55. The van der Waals surface area contributed by atoms with E-state index in [9.17, 15) is 9.90 Å². The molecule has 1 atom stereocenters. The molecule has 0 fully saturated rings. The zero-order valence-electron chi connectivity index (χ0n) is 12.7. The number of nitrogens with one attached hydrogen (secondary N) is 1. The number of guanidine groups is 1. The fourth-order valence-corrected chi connectivity index (χ4v) is 2.28. The molecular formula is C15H19N3O4. The highest BCUT2D eigenvalue weighted by Gasteiger charge is 2.30. The highest BCUT2D eigenvalue weighted by atomic mass is 16.5. The third-order valence-electron chi connectivity index (χ3n) is 3.28. The summed E-state index contributed by atoms with van der Waals surface area (Å²) in [4.78, 5) is 16.5. The van der Waals surface area contributed by atoms with E-state index in [-0.39, 0.29) is 18.3 Å². The number of phenols is 1. The fourth-order valence-electron chi connectivity index (χ4n) is 2.28. The van der Waals surface area contributed by atoms with Gasteiger partial charge in [0.15, 0.2) is 17.5 Å². The lowest BCUT2D eigenvalue weighted by atomic mass is 9.96. The fraction of sp³-hybridized carbons (Fsp3) is 0.333. The Balaban J connectivity index is 2.49. The molecule has 0 aliphatic carbocycles. The molecule has 0 bridgehead atoms. The summed E-state index contributed by atoms with van der Waals surface area (Å²) in [7, 11) is 1.45. The van der Waals surface area contributed by atoms with Crippen LogP contribution in [-0.2, 0) is 9.53 Å². The summed E-state index contributed by atoms with van der Waals surface area (Å²) in [6.07, 6.45) is 0. The number of nitrogens with zero attached hydrogens (tertiary/aromatic N) is 1. The topological polar surface area (TPSA) is 106 Å². The van der Waals surface area contributed by atoms with Gasteiger partial charge >= 0.3 is 5.97 Å². The number of ether oxygens (including phenoxy) is 2. The van der Waals surface area contributed by atoms with E-state index in [1.54, 1.807) is 26.0 Å². The van der Waals surface area contributed by atoms with Gasteiger partial charge in [0.1, 0.15) is 6.04 Å². The van der Waals surface area contributed by atoms with Crippen molar-refractivity contribution < 1.29 is 19.4 Å². The van der Waals surface area contributed by atoms with Gasteiger partial charge in [-0.2, -0.15) is 0 Å². The zero-order chi connectivity index (χ0) is 16.3. The largest absolute Gasteiger partial charge is 0.504 e. The Labute approximate surface area is 128 Å². The zero-order valence-corrected chi connectivity index (χ0v) is 12.7. The molecule has 7 heteroatoms. The predicted octanol–water partition coefficient (Wildman–Crippen LogP) is 1.20. The van der Waals surface area contributed by atoms with Crippen molar-refractivity contribution >= 4 is 11.9 Å². The summed E-state index contributed by atoms with van der Waals surface area (Å²) in [6.45, 7) is 3.74. The number of allylic oxidation sites excluding steroid dienone is 1. The molecule has 1 aliphatic rings. The van der Waals surface area contributed by atoms with Gasteiger partial charge in [-0.25, -0.2) is 9.79 Å². The van der Waals surface area contributed by atoms with E-state index in [1.807, 2.05) is 0 Å². The number of carbonyl (C=O) groups is 1. The van der Waals surface area contributed by atoms with Gasteiger partial charge in [0.05, 0.1) is 19.3 Å². The van der Waals surface area contributed by atoms with E-state index in [0.717, 1.165) is 0 Å². The predicted molar refractivity (Wildman–Crippen MR) is 81.5 cm³/mol. The normalized spacial score (nSPS) is 17.6. The molecule has 0 saturated carbocycles. The number of hydrogen-bond donors (Lipinski definition) is 3. The summed E-state index contributed by atoms with van der Waals surface area (Å²) < 4.78 is 10.2. The van der Waals surface area contributed by atoms with Gasteiger partial charge in [0.25, 0.3) is 0 Å². The summed E-state index contributed by atoms with van der Waals surface area (Å²) in [5.74, 6) is 0.0598. The van der Waals surface area contributed by atoms with E-state index in [2.05, 4.69) is 10.3 Å². The van der Waals surface area contributed by atoms with E-state index in [1.165, 1.54) is 13.2 Å². The van der Waals surface area contributed by atoms with Gasteiger partial charge in [-0.05, 0) is 31.5 Å². The number of hydrogen-bond acceptors (Lipinski definition) is 7. The molecule has 1 aromatic rings. The summed E-state index contributed by atoms with van der Waals surface area (Å²) in [5.41, 5.74) is 7.39. The molecule has 0 amide bonds. The van der Waals surface area contributed by atoms with Crippen molar-refractivity contribution in [3.8, 4) is 11.5 Å². The van der Waals surface area contributed by atoms with Crippen LogP contribution in [0, 0.1) is 0 Å². The molecule has 1 aliphatic heterocycles. The number of nitrogens with two attached hydrogens (primary N) is 1. The SMILES string of the molecule is CCOC(=O)C1=C(C)NC(N)=N[C@H]1c1ccc(O)c(OC)c1. The quantitative estimate of drug-likeness (QED) is 0.722. The Morgan fingerprint density at radius 2 is 2.23 bits per heavy atom. The van der Waals surface area contributed by atoms with Crippen LogP contribution in [0.1, 0.15) is 25.5 Å². The summed E-state index contributed by atoms with van der Waals surface area (Å²) in [6, 6.07) is 4.15. The molecule has 1 heterocycles. The average Bonchev–Trinajstić information content (AvgIpc) is 2.47. The first-order valence-corrected chi connectivity index (χ1v) is 6.83. The maximum Gasteiger partial charge on any atom is 0.338 e. The first kappa shape index (κ1) is 15.7. The summed E-state index contributed by atoms with van der Waals surface area (Å²) >= 11 is 0. The van der Waals surface area contributed by atoms with Crippen LogP contribution in [0.5, 0.6) is 11.5 Å². The maximum absolute atomic E-state index is 12.2. The lowest BCUT2D eigenvalue weighted by Gasteiger charge is -2.24. The minimum Gasteiger partial charge on any atom is -0.504 e. The van der Waals surface area contributed by atoms with Crippen LogP contribution in [-0.4, -0.2) is 30.8 Å². The minimum atomic E-state index is -0.616. The number of aliphatic imine (C=N–C) groups is 1. The molecule has 2 rings (SSSR count). The monoisotopic (exact) mass is 305 g/mol. The second-order valence-electron chi connectivity index (χ2n) is 4.73. The lowest BCUT2D eigenvalue weighted by Crippen LogP contribution is -2.37. The van der Waals surface area contributed by atoms with Crippen LogP contribution in [0.2, 0.25) is 0 Å². The molecule has 0 spiro atoms. The number of carbonyl (C=O) groups excluding carboxylic acids is 1. The van der Waals surface area contributed by atoms with Crippen LogP contribution in [0.3, 0.4) is 0 Å². The van der Waals surface area contributed by atoms with E-state index < -0.39 is 12.0 Å². The highest BCUT2D eigenvalue weighted by Crippen LogP contribution is 2.35. The Morgan fingerprint density at radius 3 is 2.86 bits per heavy atom. The molecule has 0 radical (unpaired) electrons. The number of rotatable bonds is 4. The van der Waals surface area contributed by atoms with Gasteiger partial charge in [0, 0.05) is 5.70 Å². The van der Waals surface area contributed by atoms with Crippen LogP contribution in [0.15, 0.2) is 34.5 Å². The van der Waals surface area contributed by atoms with Crippen molar-refractivity contribution in [2.75, 3.05) is 13.7 Å². The molecule has 4 N–H and O–H groups in total. The molecular weight excluding hydrogens is 286 g/mol. The maximum atomic E-state index is 12.2. The lowest BCUT2D eigenvalue weighted by molar-refractivity contribution is -0.138. The average molecular weight is 305 g/mol. The number of benzene rings is 1. The Bertz CT molecular complexity index is 652. The van der Waals surface area contributed by atoms with Crippen LogP contribution in [0.25, 0.3) is 0 Å². The molecule has 1 aromatic carbocycles.